The average Bonchev–Trinajstić information content (AvgIpc) is 2.50. The number of aromatic nitrogens is 2. The summed E-state index contributed by atoms with van der Waals surface area (Å²) in [6.07, 6.45) is 2.49. The minimum Gasteiger partial charge on any atom is -0.383 e. The molecule has 118 valence electrons. The monoisotopic (exact) mass is 340 g/mol. The molecule has 22 heavy (non-hydrogen) atoms. The lowest BCUT2D eigenvalue weighted by Crippen LogP contribution is -2.12. The molecular weight excluding hydrogens is 323 g/mol. The summed E-state index contributed by atoms with van der Waals surface area (Å²) >= 11 is 12.0. The van der Waals surface area contributed by atoms with Gasteiger partial charge >= 0.3 is 0 Å². The van der Waals surface area contributed by atoms with Crippen LogP contribution in [0.5, 0.6) is 0 Å². The van der Waals surface area contributed by atoms with Crippen LogP contribution in [0, 0.1) is 0 Å². The van der Waals surface area contributed by atoms with Crippen LogP contribution in [0.25, 0.3) is 0 Å². The van der Waals surface area contributed by atoms with Gasteiger partial charge in [0.2, 0.25) is 5.95 Å². The fourth-order valence-electron chi connectivity index (χ4n) is 1.86. The van der Waals surface area contributed by atoms with E-state index >= 15 is 0 Å². The van der Waals surface area contributed by atoms with Crippen molar-refractivity contribution >= 4 is 35.0 Å². The van der Waals surface area contributed by atoms with E-state index in [1.807, 2.05) is 18.2 Å². The Balaban J connectivity index is 1.84. The fraction of sp³-hybridized carbons (Fsp3) is 0.333. The normalized spacial score (nSPS) is 10.5. The summed E-state index contributed by atoms with van der Waals surface area (Å²) in [5, 5.41) is 7.66. The second-order valence-corrected chi connectivity index (χ2v) is 5.44. The van der Waals surface area contributed by atoms with Gasteiger partial charge in [-0.05, 0) is 30.2 Å². The lowest BCUT2D eigenvalue weighted by Gasteiger charge is -2.09. The van der Waals surface area contributed by atoms with Crippen molar-refractivity contribution in [3.63, 3.8) is 0 Å². The van der Waals surface area contributed by atoms with Gasteiger partial charge in [0.15, 0.2) is 0 Å². The Bertz CT molecular complexity index is 610. The Labute approximate surface area is 140 Å². The first-order valence-corrected chi connectivity index (χ1v) is 7.68. The van der Waals surface area contributed by atoms with Crippen LogP contribution in [0.3, 0.4) is 0 Å². The first-order chi connectivity index (χ1) is 10.7. The Morgan fingerprint density at radius 3 is 2.77 bits per heavy atom. The topological polar surface area (TPSA) is 59.1 Å². The smallest absolute Gasteiger partial charge is 0.224 e. The van der Waals surface area contributed by atoms with Crippen LogP contribution in [0.1, 0.15) is 5.56 Å². The van der Waals surface area contributed by atoms with Gasteiger partial charge in [0, 0.05) is 36.4 Å². The molecular formula is C15H18Cl2N4O. The molecule has 1 heterocycles. The van der Waals surface area contributed by atoms with E-state index in [2.05, 4.69) is 20.6 Å². The van der Waals surface area contributed by atoms with Gasteiger partial charge in [0.25, 0.3) is 0 Å². The molecule has 2 rings (SSSR count). The molecule has 5 nitrogen and oxygen atoms in total. The Morgan fingerprint density at radius 1 is 1.14 bits per heavy atom. The molecule has 0 saturated carbocycles. The van der Waals surface area contributed by atoms with Crippen molar-refractivity contribution in [2.24, 2.45) is 0 Å². The van der Waals surface area contributed by atoms with Crippen LogP contribution in [0.15, 0.2) is 30.5 Å². The molecule has 0 amide bonds. The second kappa shape index (κ2) is 8.78. The molecule has 0 aliphatic rings. The van der Waals surface area contributed by atoms with Crippen LogP contribution in [-0.4, -0.2) is 36.8 Å². The number of hydrogen-bond acceptors (Lipinski definition) is 5. The highest BCUT2D eigenvalue weighted by atomic mass is 35.5. The molecule has 0 fully saturated rings. The summed E-state index contributed by atoms with van der Waals surface area (Å²) in [4.78, 5) is 8.52. The molecule has 0 atom stereocenters. The highest BCUT2D eigenvalue weighted by Gasteiger charge is 2.02. The molecule has 0 bridgehead atoms. The second-order valence-electron chi connectivity index (χ2n) is 4.60. The maximum atomic E-state index is 6.15. The van der Waals surface area contributed by atoms with Crippen molar-refractivity contribution in [1.82, 2.24) is 9.97 Å². The number of hydrogen-bond donors (Lipinski definition) is 2. The summed E-state index contributed by atoms with van der Waals surface area (Å²) in [5.74, 6) is 1.34. The van der Waals surface area contributed by atoms with Crippen LogP contribution in [-0.2, 0) is 11.2 Å². The summed E-state index contributed by atoms with van der Waals surface area (Å²) < 4.78 is 4.97. The quantitative estimate of drug-likeness (QED) is 0.720. The van der Waals surface area contributed by atoms with Gasteiger partial charge in [-0.25, -0.2) is 4.98 Å². The number of nitrogens with one attached hydrogen (secondary N) is 2. The van der Waals surface area contributed by atoms with E-state index in [0.717, 1.165) is 24.3 Å². The largest absolute Gasteiger partial charge is 0.383 e. The molecule has 0 aliphatic carbocycles. The SMILES string of the molecule is COCCNc1nccc(NCCc2ccc(Cl)cc2Cl)n1. The summed E-state index contributed by atoms with van der Waals surface area (Å²) in [6, 6.07) is 7.35. The van der Waals surface area contributed by atoms with Gasteiger partial charge < -0.3 is 15.4 Å². The Kier molecular flexibility index (Phi) is 6.71. The van der Waals surface area contributed by atoms with Crippen LogP contribution in [0.2, 0.25) is 10.0 Å². The number of ether oxygens (including phenoxy) is 1. The van der Waals surface area contributed by atoms with Gasteiger partial charge in [-0.1, -0.05) is 29.3 Å². The average molecular weight is 341 g/mol. The molecule has 1 aromatic heterocycles. The van der Waals surface area contributed by atoms with E-state index in [1.54, 1.807) is 19.4 Å². The van der Waals surface area contributed by atoms with Gasteiger partial charge in [0.05, 0.1) is 6.61 Å². The van der Waals surface area contributed by atoms with E-state index in [0.29, 0.717) is 29.1 Å². The zero-order valence-electron chi connectivity index (χ0n) is 12.3. The first kappa shape index (κ1) is 16.8. The lowest BCUT2D eigenvalue weighted by atomic mass is 10.1. The third-order valence-electron chi connectivity index (χ3n) is 2.96. The molecule has 0 spiro atoms. The number of anilines is 2. The number of benzene rings is 1. The zero-order chi connectivity index (χ0) is 15.8. The molecule has 1 aromatic carbocycles. The van der Waals surface area contributed by atoms with Crippen molar-refractivity contribution in [3.8, 4) is 0 Å². The van der Waals surface area contributed by atoms with E-state index in [9.17, 15) is 0 Å². The summed E-state index contributed by atoms with van der Waals surface area (Å²) in [5.41, 5.74) is 1.05. The lowest BCUT2D eigenvalue weighted by molar-refractivity contribution is 0.210. The number of methoxy groups -OCH3 is 1. The molecule has 0 radical (unpaired) electrons. The maximum absolute atomic E-state index is 6.15. The molecule has 2 N–H and O–H groups in total. The molecule has 0 saturated heterocycles. The van der Waals surface area contributed by atoms with Crippen molar-refractivity contribution in [1.29, 1.82) is 0 Å². The van der Waals surface area contributed by atoms with E-state index < -0.39 is 0 Å². The predicted molar refractivity (Wildman–Crippen MR) is 91.1 cm³/mol. The molecule has 0 unspecified atom stereocenters. The maximum Gasteiger partial charge on any atom is 0.224 e. The fourth-order valence-corrected chi connectivity index (χ4v) is 2.36. The molecule has 2 aromatic rings. The summed E-state index contributed by atoms with van der Waals surface area (Å²) in [6.45, 7) is 1.99. The van der Waals surface area contributed by atoms with Crippen LogP contribution >= 0.6 is 23.2 Å². The van der Waals surface area contributed by atoms with Gasteiger partial charge in [-0.3, -0.25) is 0 Å². The highest BCUT2D eigenvalue weighted by Crippen LogP contribution is 2.21. The standard InChI is InChI=1S/C15H18Cl2N4O/c1-22-9-8-20-15-19-7-5-14(21-15)18-6-4-11-2-3-12(16)10-13(11)17/h2-3,5,7,10H,4,6,8-9H2,1H3,(H2,18,19,20,21). The van der Waals surface area contributed by atoms with E-state index in [1.165, 1.54) is 0 Å². The molecule has 7 heteroatoms. The third-order valence-corrected chi connectivity index (χ3v) is 3.55. The van der Waals surface area contributed by atoms with Gasteiger partial charge in [0.1, 0.15) is 5.82 Å². The first-order valence-electron chi connectivity index (χ1n) is 6.92. The van der Waals surface area contributed by atoms with Crippen molar-refractivity contribution < 1.29 is 4.74 Å². The number of rotatable bonds is 8. The minimum absolute atomic E-state index is 0.576. The zero-order valence-corrected chi connectivity index (χ0v) is 13.8. The van der Waals surface area contributed by atoms with Crippen molar-refractivity contribution in [2.75, 3.05) is 37.4 Å². The van der Waals surface area contributed by atoms with Gasteiger partial charge in [-0.15, -0.1) is 0 Å². The van der Waals surface area contributed by atoms with E-state index in [-0.39, 0.29) is 0 Å². The molecule has 0 aliphatic heterocycles. The van der Waals surface area contributed by atoms with Crippen LogP contribution < -0.4 is 10.6 Å². The number of halogens is 2. The van der Waals surface area contributed by atoms with Crippen LogP contribution in [0.4, 0.5) is 11.8 Å². The van der Waals surface area contributed by atoms with Gasteiger partial charge in [-0.2, -0.15) is 4.98 Å². The van der Waals surface area contributed by atoms with Crippen molar-refractivity contribution in [2.45, 2.75) is 6.42 Å². The Hall–Kier alpha value is -1.56. The summed E-state index contributed by atoms with van der Waals surface area (Å²) in [7, 11) is 1.66. The predicted octanol–water partition coefficient (Wildman–Crippen LogP) is 3.50. The minimum atomic E-state index is 0.576. The van der Waals surface area contributed by atoms with E-state index in [4.69, 9.17) is 27.9 Å². The number of nitrogens with zero attached hydrogens (tertiary/aromatic N) is 2. The highest BCUT2D eigenvalue weighted by molar-refractivity contribution is 6.35. The third kappa shape index (κ3) is 5.33. The Morgan fingerprint density at radius 2 is 2.00 bits per heavy atom. The van der Waals surface area contributed by atoms with Crippen molar-refractivity contribution in [3.05, 3.63) is 46.1 Å².